The van der Waals surface area contributed by atoms with Gasteiger partial charge in [0.1, 0.15) is 0 Å². The molecule has 0 unspecified atom stereocenters. The molecule has 1 fully saturated rings. The van der Waals surface area contributed by atoms with Crippen molar-refractivity contribution >= 4 is 11.4 Å². The summed E-state index contributed by atoms with van der Waals surface area (Å²) in [6, 6.07) is 24.9. The predicted molar refractivity (Wildman–Crippen MR) is 171 cm³/mol. The molecule has 228 valence electrons. The van der Waals surface area contributed by atoms with E-state index >= 15 is 0 Å². The van der Waals surface area contributed by atoms with Gasteiger partial charge in [-0.05, 0) is 60.0 Å². The number of hydrogen-bond acceptors (Lipinski definition) is 3. The van der Waals surface area contributed by atoms with Crippen LogP contribution in [0.4, 0.5) is 11.4 Å². The third kappa shape index (κ3) is 9.86. The molecule has 0 amide bonds. The number of anilines is 2. The van der Waals surface area contributed by atoms with Crippen molar-refractivity contribution in [1.82, 2.24) is 4.90 Å². The molecule has 3 nitrogen and oxygen atoms in total. The van der Waals surface area contributed by atoms with Gasteiger partial charge in [-0.2, -0.15) is 37.0 Å². The molecule has 4 rings (SSSR count). The number of para-hydroxylation sites is 2. The fourth-order valence-corrected chi connectivity index (χ4v) is 5.39. The van der Waals surface area contributed by atoms with E-state index in [4.69, 9.17) is 0 Å². The monoisotopic (exact) mass is 666 g/mol. The van der Waals surface area contributed by atoms with Gasteiger partial charge in [0.25, 0.3) is 0 Å². The predicted octanol–water partition coefficient (Wildman–Crippen LogP) is 6.18. The minimum absolute atomic E-state index is 0. The molecule has 0 radical (unpaired) electrons. The van der Waals surface area contributed by atoms with Gasteiger partial charge in [0.2, 0.25) is 0 Å². The maximum absolute atomic E-state index is 3.16. The van der Waals surface area contributed by atoms with Gasteiger partial charge in [0.15, 0.2) is 0 Å². The largest absolute Gasteiger partial charge is 2.00 e. The summed E-state index contributed by atoms with van der Waals surface area (Å²) in [6.07, 6.45) is 0. The molecule has 0 aromatic heterocycles. The Balaban J connectivity index is 0.000000596. The zero-order valence-electron chi connectivity index (χ0n) is 26.8. The molecule has 0 saturated carbocycles. The van der Waals surface area contributed by atoms with Crippen LogP contribution in [0.5, 0.6) is 0 Å². The third-order valence-corrected chi connectivity index (χ3v) is 7.38. The quantitative estimate of drug-likeness (QED) is 0.210. The summed E-state index contributed by atoms with van der Waals surface area (Å²) >= 11 is 0. The summed E-state index contributed by atoms with van der Waals surface area (Å²) < 4.78 is 0. The third-order valence-electron chi connectivity index (χ3n) is 7.38. The van der Waals surface area contributed by atoms with Gasteiger partial charge in [-0.25, -0.2) is 0 Å². The van der Waals surface area contributed by atoms with E-state index in [2.05, 4.69) is 139 Å². The van der Waals surface area contributed by atoms with Gasteiger partial charge in [0, 0.05) is 31.0 Å². The topological polar surface area (TPSA) is 9.72 Å². The van der Waals surface area contributed by atoms with E-state index < -0.39 is 0 Å². The second kappa shape index (κ2) is 17.3. The number of nitrogens with zero attached hydrogens (tertiary/aromatic N) is 3. The van der Waals surface area contributed by atoms with E-state index in [0.29, 0.717) is 23.7 Å². The van der Waals surface area contributed by atoms with Gasteiger partial charge in [-0.15, -0.1) is 5.56 Å². The normalized spacial score (nSPS) is 13.0. The first-order valence-electron chi connectivity index (χ1n) is 14.7. The van der Waals surface area contributed by atoms with Crippen molar-refractivity contribution in [3.8, 4) is 0 Å². The fourth-order valence-electron chi connectivity index (χ4n) is 5.39. The van der Waals surface area contributed by atoms with E-state index in [0.717, 1.165) is 19.6 Å². The fraction of sp³-hybridized carbons (Fsp3) is 0.472. The average molecular weight is 668 g/mol. The van der Waals surface area contributed by atoms with Crippen molar-refractivity contribution in [2.24, 2.45) is 0 Å². The molecule has 0 atom stereocenters. The molecular weight excluding hydrogens is 616 g/mol. The Labute approximate surface area is 271 Å². The maximum atomic E-state index is 3.16. The van der Waals surface area contributed by atoms with Gasteiger partial charge >= 0.3 is 20.4 Å². The number of halogens is 1. The van der Waals surface area contributed by atoms with Crippen molar-refractivity contribution in [3.05, 3.63) is 101 Å². The van der Waals surface area contributed by atoms with Crippen molar-refractivity contribution in [2.45, 2.75) is 85.6 Å². The molecule has 41 heavy (non-hydrogen) atoms. The SMILES string of the molecule is CC(C)c1cccc(C(C)C)c1N1[CH-]N(c2c(C(C)C)cccc2C(C)C)CC1.CN(C)Cc1[c-]cccc1.[Cl-].[Pd+2]. The molecule has 1 aliphatic rings. The molecule has 1 aliphatic heterocycles. The van der Waals surface area contributed by atoms with Crippen LogP contribution in [0.25, 0.3) is 0 Å². The molecule has 0 spiro atoms. The van der Waals surface area contributed by atoms with Crippen molar-refractivity contribution in [2.75, 3.05) is 37.0 Å². The molecule has 0 N–H and O–H groups in total. The van der Waals surface area contributed by atoms with Gasteiger partial charge in [-0.1, -0.05) is 91.8 Å². The summed E-state index contributed by atoms with van der Waals surface area (Å²) in [5.74, 6) is 2.06. The van der Waals surface area contributed by atoms with Crippen LogP contribution in [0.15, 0.2) is 60.7 Å². The molecule has 1 saturated heterocycles. The number of benzene rings is 3. The molecule has 3 aromatic rings. The first kappa shape index (κ1) is 37.2. The molecule has 3 aromatic carbocycles. The van der Waals surface area contributed by atoms with Crippen LogP contribution in [0.2, 0.25) is 0 Å². The van der Waals surface area contributed by atoms with E-state index in [-0.39, 0.29) is 32.8 Å². The van der Waals surface area contributed by atoms with Crippen LogP contribution in [-0.2, 0) is 27.0 Å². The Morgan fingerprint density at radius 3 is 1.34 bits per heavy atom. The summed E-state index contributed by atoms with van der Waals surface area (Å²) in [5.41, 5.74) is 9.91. The molecule has 5 heteroatoms. The second-order valence-corrected chi connectivity index (χ2v) is 12.3. The van der Waals surface area contributed by atoms with Crippen LogP contribution in [0.1, 0.15) is 107 Å². The van der Waals surface area contributed by atoms with E-state index in [9.17, 15) is 0 Å². The standard InChI is InChI=1S/C27H39N2.C9H12N.ClH.Pd/c1-18(2)22-11-9-12-23(19(3)4)26(22)28-15-16-29(17-28)27-24(20(5)6)13-10-14-25(27)21(7)8;1-10(2)8-9-6-4-3-5-7-9;;/h9-14,17-21H,15-16H2,1-8H3;3-6H,8H2,1-2H3;1H;/q2*-1;;+2/p-1. The van der Waals surface area contributed by atoms with E-state index in [1.54, 1.807) is 0 Å². The van der Waals surface area contributed by atoms with Gasteiger partial charge < -0.3 is 27.1 Å². The number of hydrogen-bond donors (Lipinski definition) is 0. The van der Waals surface area contributed by atoms with E-state index in [1.807, 2.05) is 18.2 Å². The summed E-state index contributed by atoms with van der Waals surface area (Å²) in [7, 11) is 4.11. The van der Waals surface area contributed by atoms with Crippen LogP contribution in [0.3, 0.4) is 0 Å². The Bertz CT molecular complexity index is 1050. The smallest absolute Gasteiger partial charge is 1.00 e. The number of rotatable bonds is 8. The van der Waals surface area contributed by atoms with Crippen molar-refractivity contribution in [1.29, 1.82) is 0 Å². The van der Waals surface area contributed by atoms with Crippen LogP contribution < -0.4 is 22.2 Å². The van der Waals surface area contributed by atoms with Crippen LogP contribution in [-0.4, -0.2) is 32.1 Å². The van der Waals surface area contributed by atoms with Crippen molar-refractivity contribution < 1.29 is 32.8 Å². The second-order valence-electron chi connectivity index (χ2n) is 12.3. The van der Waals surface area contributed by atoms with E-state index in [1.165, 1.54) is 39.2 Å². The minimum atomic E-state index is 0. The van der Waals surface area contributed by atoms with Crippen LogP contribution >= 0.6 is 0 Å². The molecule has 1 heterocycles. The summed E-state index contributed by atoms with van der Waals surface area (Å²) in [4.78, 5) is 7.14. The Morgan fingerprint density at radius 1 is 0.659 bits per heavy atom. The maximum Gasteiger partial charge on any atom is 2.00 e. The zero-order chi connectivity index (χ0) is 28.7. The first-order valence-corrected chi connectivity index (χ1v) is 14.7. The summed E-state index contributed by atoms with van der Waals surface area (Å²) in [6.45, 7) is 23.9. The van der Waals surface area contributed by atoms with Crippen LogP contribution in [0, 0.1) is 12.7 Å². The minimum Gasteiger partial charge on any atom is -1.00 e. The Hall–Kier alpha value is -1.83. The molecule has 0 aliphatic carbocycles. The zero-order valence-corrected chi connectivity index (χ0v) is 29.1. The summed E-state index contributed by atoms with van der Waals surface area (Å²) in [5, 5.41) is 0. The van der Waals surface area contributed by atoms with Crippen molar-refractivity contribution in [3.63, 3.8) is 0 Å². The Morgan fingerprint density at radius 2 is 1.05 bits per heavy atom. The molecule has 0 bridgehead atoms. The Kier molecular flexibility index (Phi) is 15.7. The van der Waals surface area contributed by atoms with Gasteiger partial charge in [0.05, 0.1) is 0 Å². The average Bonchev–Trinajstić information content (AvgIpc) is 3.38. The molecular formula is C36H51ClN3Pd-. The first-order chi connectivity index (χ1) is 18.5. The van der Waals surface area contributed by atoms with Gasteiger partial charge in [-0.3, -0.25) is 0 Å².